The molecule has 0 unspecified atom stereocenters. The average molecular weight is 364 g/mol. The van der Waals surface area contributed by atoms with Crippen molar-refractivity contribution in [2.45, 2.75) is 0 Å². The summed E-state index contributed by atoms with van der Waals surface area (Å²) in [6.07, 6.45) is 1.69. The Hall–Kier alpha value is -2.71. The zero-order valence-electron chi connectivity index (χ0n) is 13.3. The van der Waals surface area contributed by atoms with Gasteiger partial charge in [0.25, 0.3) is 11.6 Å². The van der Waals surface area contributed by atoms with Crippen LogP contribution in [0.5, 0.6) is 0 Å². The Morgan fingerprint density at radius 3 is 2.56 bits per heavy atom. The number of nitro groups is 1. The van der Waals surface area contributed by atoms with Crippen molar-refractivity contribution in [2.24, 2.45) is 0 Å². The van der Waals surface area contributed by atoms with Crippen LogP contribution >= 0.6 is 12.4 Å². The molecular weight excluding hydrogens is 346 g/mol. The van der Waals surface area contributed by atoms with E-state index in [0.29, 0.717) is 5.82 Å². The molecule has 0 saturated carbocycles. The molecule has 1 aliphatic rings. The van der Waals surface area contributed by atoms with Crippen LogP contribution in [-0.2, 0) is 0 Å². The van der Waals surface area contributed by atoms with Crippen molar-refractivity contribution in [3.8, 4) is 0 Å². The van der Waals surface area contributed by atoms with E-state index in [1.807, 2.05) is 6.07 Å². The van der Waals surface area contributed by atoms with E-state index in [-0.39, 0.29) is 23.7 Å². The van der Waals surface area contributed by atoms with Crippen LogP contribution in [0.3, 0.4) is 0 Å². The normalized spacial score (nSPS) is 13.7. The van der Waals surface area contributed by atoms with E-state index in [9.17, 15) is 14.9 Å². The fourth-order valence-corrected chi connectivity index (χ4v) is 2.58. The summed E-state index contributed by atoms with van der Waals surface area (Å²) in [5.74, 6) is -0.193. The summed E-state index contributed by atoms with van der Waals surface area (Å²) in [4.78, 5) is 29.1. The number of amides is 1. The predicted octanol–water partition coefficient (Wildman–Crippen LogP) is 2.07. The predicted molar refractivity (Wildman–Crippen MR) is 97.6 cm³/mol. The Labute approximate surface area is 150 Å². The number of aromatic nitrogens is 1. The van der Waals surface area contributed by atoms with Crippen LogP contribution in [0.1, 0.15) is 10.4 Å². The molecule has 0 aliphatic carbocycles. The van der Waals surface area contributed by atoms with Crippen LogP contribution in [0.25, 0.3) is 0 Å². The number of rotatable bonds is 4. The topological polar surface area (TPSA) is 100 Å². The van der Waals surface area contributed by atoms with Crippen LogP contribution in [0.15, 0.2) is 42.6 Å². The number of nitro benzene ring substituents is 1. The minimum Gasteiger partial charge on any atom is -0.368 e. The summed E-state index contributed by atoms with van der Waals surface area (Å²) in [7, 11) is 0. The molecule has 3 rings (SSSR count). The largest absolute Gasteiger partial charge is 0.368 e. The van der Waals surface area contributed by atoms with E-state index >= 15 is 0 Å². The van der Waals surface area contributed by atoms with Crippen molar-refractivity contribution >= 4 is 35.5 Å². The number of halogens is 1. The monoisotopic (exact) mass is 363 g/mol. The Kier molecular flexibility index (Phi) is 6.26. The molecule has 8 nitrogen and oxygen atoms in total. The second kappa shape index (κ2) is 8.41. The maximum Gasteiger partial charge on any atom is 0.282 e. The summed E-state index contributed by atoms with van der Waals surface area (Å²) in [6, 6.07) is 9.41. The number of anilines is 2. The van der Waals surface area contributed by atoms with Crippen LogP contribution in [0.2, 0.25) is 0 Å². The summed E-state index contributed by atoms with van der Waals surface area (Å²) in [5, 5.41) is 16.9. The van der Waals surface area contributed by atoms with Crippen molar-refractivity contribution in [3.63, 3.8) is 0 Å². The fourth-order valence-electron chi connectivity index (χ4n) is 2.58. The fraction of sp³-hybridized carbons (Fsp3) is 0.250. The Morgan fingerprint density at radius 1 is 1.20 bits per heavy atom. The van der Waals surface area contributed by atoms with Gasteiger partial charge >= 0.3 is 0 Å². The standard InChI is InChI=1S/C16H17N5O3.ClH/c22-16(13-3-1-2-4-14(13)21(23)24)19-15-6-5-12(11-18-15)20-9-7-17-8-10-20;/h1-6,11,17H,7-10H2,(H,18,19,22);1H. The number of piperazine rings is 1. The molecule has 0 spiro atoms. The number of hydrogen-bond donors (Lipinski definition) is 2. The lowest BCUT2D eigenvalue weighted by molar-refractivity contribution is -0.385. The third-order valence-corrected chi connectivity index (χ3v) is 3.82. The van der Waals surface area contributed by atoms with Gasteiger partial charge in [0.05, 0.1) is 16.8 Å². The van der Waals surface area contributed by atoms with Gasteiger partial charge in [0.2, 0.25) is 0 Å². The maximum atomic E-state index is 12.3. The molecule has 2 heterocycles. The van der Waals surface area contributed by atoms with Crippen molar-refractivity contribution in [1.29, 1.82) is 0 Å². The van der Waals surface area contributed by atoms with Crippen LogP contribution < -0.4 is 15.5 Å². The summed E-state index contributed by atoms with van der Waals surface area (Å²) in [5.41, 5.74) is 0.767. The summed E-state index contributed by atoms with van der Waals surface area (Å²) in [6.45, 7) is 3.67. The molecule has 1 aromatic carbocycles. The van der Waals surface area contributed by atoms with Gasteiger partial charge in [0, 0.05) is 32.2 Å². The van der Waals surface area contributed by atoms with Crippen molar-refractivity contribution in [3.05, 3.63) is 58.3 Å². The molecule has 25 heavy (non-hydrogen) atoms. The van der Waals surface area contributed by atoms with Gasteiger partial charge in [-0.05, 0) is 18.2 Å². The highest BCUT2D eigenvalue weighted by Crippen LogP contribution is 2.20. The molecule has 0 atom stereocenters. The molecule has 9 heteroatoms. The Balaban J connectivity index is 0.00000225. The Bertz CT molecular complexity index is 748. The first-order valence-electron chi connectivity index (χ1n) is 7.61. The van der Waals surface area contributed by atoms with Gasteiger partial charge in [0.1, 0.15) is 11.4 Å². The van der Waals surface area contributed by atoms with E-state index in [4.69, 9.17) is 0 Å². The highest BCUT2D eigenvalue weighted by Gasteiger charge is 2.19. The highest BCUT2D eigenvalue weighted by atomic mass is 35.5. The maximum absolute atomic E-state index is 12.3. The van der Waals surface area contributed by atoms with Gasteiger partial charge < -0.3 is 15.5 Å². The summed E-state index contributed by atoms with van der Waals surface area (Å²) >= 11 is 0. The number of carbonyl (C=O) groups excluding carboxylic acids is 1. The Morgan fingerprint density at radius 2 is 1.92 bits per heavy atom. The molecule has 2 N–H and O–H groups in total. The highest BCUT2D eigenvalue weighted by molar-refractivity contribution is 6.06. The summed E-state index contributed by atoms with van der Waals surface area (Å²) < 4.78 is 0. The van der Waals surface area contributed by atoms with E-state index in [2.05, 4.69) is 20.5 Å². The number of nitrogens with zero attached hydrogens (tertiary/aromatic N) is 3. The molecular formula is C16H18ClN5O3. The minimum atomic E-state index is -0.574. The molecule has 1 amide bonds. The second-order valence-corrected chi connectivity index (χ2v) is 5.37. The van der Waals surface area contributed by atoms with E-state index in [1.165, 1.54) is 18.2 Å². The molecule has 1 saturated heterocycles. The van der Waals surface area contributed by atoms with Gasteiger partial charge in [-0.2, -0.15) is 0 Å². The lowest BCUT2D eigenvalue weighted by atomic mass is 10.1. The van der Waals surface area contributed by atoms with E-state index < -0.39 is 10.8 Å². The van der Waals surface area contributed by atoms with Gasteiger partial charge in [-0.15, -0.1) is 12.4 Å². The van der Waals surface area contributed by atoms with Crippen molar-refractivity contribution in [1.82, 2.24) is 10.3 Å². The first-order valence-corrected chi connectivity index (χ1v) is 7.61. The van der Waals surface area contributed by atoms with Crippen LogP contribution in [-0.4, -0.2) is 42.0 Å². The first-order chi connectivity index (χ1) is 11.6. The zero-order chi connectivity index (χ0) is 16.9. The molecule has 0 bridgehead atoms. The number of pyridine rings is 1. The smallest absolute Gasteiger partial charge is 0.282 e. The molecule has 0 radical (unpaired) electrons. The zero-order valence-corrected chi connectivity index (χ0v) is 14.2. The minimum absolute atomic E-state index is 0. The number of para-hydroxylation sites is 1. The van der Waals surface area contributed by atoms with Crippen LogP contribution in [0.4, 0.5) is 17.2 Å². The molecule has 1 fully saturated rings. The van der Waals surface area contributed by atoms with E-state index in [0.717, 1.165) is 31.9 Å². The van der Waals surface area contributed by atoms with Crippen molar-refractivity contribution < 1.29 is 9.72 Å². The molecule has 2 aromatic rings. The number of nitrogens with one attached hydrogen (secondary N) is 2. The molecule has 132 valence electrons. The molecule has 1 aromatic heterocycles. The quantitative estimate of drug-likeness (QED) is 0.637. The molecule has 1 aliphatic heterocycles. The third kappa shape index (κ3) is 4.43. The lowest BCUT2D eigenvalue weighted by Gasteiger charge is -2.29. The lowest BCUT2D eigenvalue weighted by Crippen LogP contribution is -2.43. The second-order valence-electron chi connectivity index (χ2n) is 5.37. The third-order valence-electron chi connectivity index (χ3n) is 3.82. The van der Waals surface area contributed by atoms with E-state index in [1.54, 1.807) is 18.3 Å². The van der Waals surface area contributed by atoms with Gasteiger partial charge in [-0.25, -0.2) is 4.98 Å². The number of hydrogen-bond acceptors (Lipinski definition) is 6. The number of carbonyl (C=O) groups is 1. The van der Waals surface area contributed by atoms with Gasteiger partial charge in [-0.3, -0.25) is 14.9 Å². The first kappa shape index (κ1) is 18.6. The average Bonchev–Trinajstić information content (AvgIpc) is 2.63. The van der Waals surface area contributed by atoms with Crippen molar-refractivity contribution in [2.75, 3.05) is 36.4 Å². The SMILES string of the molecule is Cl.O=C(Nc1ccc(N2CCNCC2)cn1)c1ccccc1[N+](=O)[O-]. The van der Waals surface area contributed by atoms with Gasteiger partial charge in [0.15, 0.2) is 0 Å². The number of benzene rings is 1. The van der Waals surface area contributed by atoms with Crippen LogP contribution in [0, 0.1) is 10.1 Å². The van der Waals surface area contributed by atoms with Gasteiger partial charge in [-0.1, -0.05) is 12.1 Å².